The quantitative estimate of drug-likeness (QED) is 0.803. The van der Waals surface area contributed by atoms with Crippen LogP contribution in [0.4, 0.5) is 16.2 Å². The van der Waals surface area contributed by atoms with Crippen LogP contribution >= 0.6 is 0 Å². The predicted octanol–water partition coefficient (Wildman–Crippen LogP) is 2.59. The minimum Gasteiger partial charge on any atom is -0.493 e. The average molecular weight is 416 g/mol. The summed E-state index contributed by atoms with van der Waals surface area (Å²) in [5.41, 5.74) is 2.33. The van der Waals surface area contributed by atoms with E-state index in [1.165, 1.54) is 30.9 Å². The van der Waals surface area contributed by atoms with Gasteiger partial charge in [0.2, 0.25) is 5.95 Å². The molecule has 2 heterocycles. The number of aliphatic hydroxyl groups is 1. The van der Waals surface area contributed by atoms with Crippen LogP contribution in [0.5, 0.6) is 11.5 Å². The third kappa shape index (κ3) is 4.14. The summed E-state index contributed by atoms with van der Waals surface area (Å²) >= 11 is 0. The Kier molecular flexibility index (Phi) is 5.94. The van der Waals surface area contributed by atoms with Crippen LogP contribution in [-0.2, 0) is 12.8 Å². The molecule has 2 atom stereocenters. The first kappa shape index (κ1) is 20.7. The highest BCUT2D eigenvalue weighted by molar-refractivity contribution is 5.54. The average Bonchev–Trinajstić information content (AvgIpc) is 2.75. The lowest BCUT2D eigenvalue weighted by atomic mass is 9.95. The largest absolute Gasteiger partial charge is 0.493 e. The lowest BCUT2D eigenvalue weighted by Crippen LogP contribution is -2.49. The standard InChI is InChI=1S/C22H29FN4O3/c1-26(2)22-24-16-7-5-4-6-15(16)21(25-22)27-11-10-18(17(28)13-27)30-19-9-8-14(23)12-20(19)29-3/h8-9,12,17-18,28H,4-7,10-11,13H2,1-3H3/t17-,18-/m1/s1. The number of nitrogens with zero attached hydrogens (tertiary/aromatic N) is 4. The van der Waals surface area contributed by atoms with Crippen molar-refractivity contribution in [3.63, 3.8) is 0 Å². The molecule has 0 saturated carbocycles. The highest BCUT2D eigenvalue weighted by Crippen LogP contribution is 2.34. The van der Waals surface area contributed by atoms with Crippen molar-refractivity contribution in [1.82, 2.24) is 9.97 Å². The van der Waals surface area contributed by atoms with E-state index in [1.807, 2.05) is 19.0 Å². The fourth-order valence-electron chi connectivity index (χ4n) is 4.16. The van der Waals surface area contributed by atoms with Crippen LogP contribution in [0.1, 0.15) is 30.5 Å². The molecule has 1 aliphatic carbocycles. The van der Waals surface area contributed by atoms with E-state index in [9.17, 15) is 9.50 Å². The Labute approximate surface area is 176 Å². The van der Waals surface area contributed by atoms with Crippen LogP contribution in [0, 0.1) is 5.82 Å². The Morgan fingerprint density at radius 2 is 1.97 bits per heavy atom. The van der Waals surface area contributed by atoms with Gasteiger partial charge in [0.25, 0.3) is 0 Å². The monoisotopic (exact) mass is 416 g/mol. The number of halogens is 1. The maximum absolute atomic E-state index is 13.4. The molecule has 4 rings (SSSR count). The van der Waals surface area contributed by atoms with Crippen LogP contribution in [-0.4, -0.2) is 61.6 Å². The Morgan fingerprint density at radius 1 is 1.17 bits per heavy atom. The van der Waals surface area contributed by atoms with Gasteiger partial charge in [-0.1, -0.05) is 0 Å². The van der Waals surface area contributed by atoms with E-state index >= 15 is 0 Å². The van der Waals surface area contributed by atoms with Crippen LogP contribution in [0.2, 0.25) is 0 Å². The topological polar surface area (TPSA) is 71.0 Å². The fourth-order valence-corrected chi connectivity index (χ4v) is 4.16. The number of β-amino-alcohol motifs (C(OH)–C–C–N with tert-alkyl or cyclic N) is 1. The van der Waals surface area contributed by atoms with Gasteiger partial charge >= 0.3 is 0 Å². The molecule has 2 aliphatic rings. The molecule has 1 aromatic carbocycles. The van der Waals surface area contributed by atoms with Gasteiger partial charge in [0.15, 0.2) is 11.5 Å². The Balaban J connectivity index is 1.53. The number of aliphatic hydroxyl groups excluding tert-OH is 1. The Morgan fingerprint density at radius 3 is 2.70 bits per heavy atom. The number of ether oxygens (including phenoxy) is 2. The lowest BCUT2D eigenvalue weighted by molar-refractivity contribution is 0.0226. The number of hydrogen-bond acceptors (Lipinski definition) is 7. The van der Waals surface area contributed by atoms with E-state index < -0.39 is 12.2 Å². The van der Waals surface area contributed by atoms with E-state index in [0.29, 0.717) is 37.0 Å². The van der Waals surface area contributed by atoms with E-state index in [1.54, 1.807) is 0 Å². The number of anilines is 2. The minimum absolute atomic E-state index is 0.324. The van der Waals surface area contributed by atoms with Gasteiger partial charge in [-0.05, 0) is 37.8 Å². The molecule has 0 unspecified atom stereocenters. The van der Waals surface area contributed by atoms with Crippen LogP contribution in [0.15, 0.2) is 18.2 Å². The zero-order chi connectivity index (χ0) is 21.3. The molecule has 1 aromatic heterocycles. The molecule has 1 N–H and O–H groups in total. The fraction of sp³-hybridized carbons (Fsp3) is 0.545. The second kappa shape index (κ2) is 8.63. The molecule has 2 aromatic rings. The van der Waals surface area contributed by atoms with Crippen molar-refractivity contribution in [3.05, 3.63) is 35.3 Å². The molecule has 162 valence electrons. The molecule has 0 spiro atoms. The van der Waals surface area contributed by atoms with Crippen LogP contribution in [0.3, 0.4) is 0 Å². The van der Waals surface area contributed by atoms with Gasteiger partial charge in [-0.25, -0.2) is 9.37 Å². The third-order valence-corrected chi connectivity index (χ3v) is 5.77. The summed E-state index contributed by atoms with van der Waals surface area (Å²) in [7, 11) is 5.36. The van der Waals surface area contributed by atoms with Crippen molar-refractivity contribution >= 4 is 11.8 Å². The minimum atomic E-state index is -0.703. The molecule has 0 bridgehead atoms. The zero-order valence-corrected chi connectivity index (χ0v) is 17.8. The molecular weight excluding hydrogens is 387 g/mol. The van der Waals surface area contributed by atoms with Gasteiger partial charge in [-0.15, -0.1) is 0 Å². The molecule has 0 radical (unpaired) electrons. The third-order valence-electron chi connectivity index (χ3n) is 5.77. The molecule has 0 amide bonds. The highest BCUT2D eigenvalue weighted by Gasteiger charge is 2.33. The molecule has 1 fully saturated rings. The first-order valence-corrected chi connectivity index (χ1v) is 10.5. The van der Waals surface area contributed by atoms with E-state index in [-0.39, 0.29) is 5.82 Å². The van der Waals surface area contributed by atoms with E-state index in [0.717, 1.165) is 37.2 Å². The predicted molar refractivity (Wildman–Crippen MR) is 113 cm³/mol. The summed E-state index contributed by atoms with van der Waals surface area (Å²) in [4.78, 5) is 13.6. The molecule has 8 heteroatoms. The molecular formula is C22H29FN4O3. The van der Waals surface area contributed by atoms with Crippen molar-refractivity contribution < 1.29 is 19.0 Å². The van der Waals surface area contributed by atoms with Gasteiger partial charge < -0.3 is 24.4 Å². The Bertz CT molecular complexity index is 908. The second-order valence-corrected chi connectivity index (χ2v) is 8.13. The van der Waals surface area contributed by atoms with E-state index in [2.05, 4.69) is 4.90 Å². The smallest absolute Gasteiger partial charge is 0.227 e. The number of piperidine rings is 1. The van der Waals surface area contributed by atoms with Gasteiger partial charge in [-0.3, -0.25) is 0 Å². The van der Waals surface area contributed by atoms with Crippen LogP contribution < -0.4 is 19.3 Å². The number of aromatic nitrogens is 2. The SMILES string of the molecule is COc1cc(F)ccc1O[C@@H]1CCN(c2nc(N(C)C)nc3c2CCCC3)C[C@H]1O. The summed E-state index contributed by atoms with van der Waals surface area (Å²) in [6.07, 6.45) is 3.75. The summed E-state index contributed by atoms with van der Waals surface area (Å²) in [5, 5.41) is 10.8. The van der Waals surface area contributed by atoms with Gasteiger partial charge in [0.05, 0.1) is 12.8 Å². The van der Waals surface area contributed by atoms with Crippen molar-refractivity contribution in [3.8, 4) is 11.5 Å². The van der Waals surface area contributed by atoms with Crippen LogP contribution in [0.25, 0.3) is 0 Å². The van der Waals surface area contributed by atoms with Crippen molar-refractivity contribution in [2.75, 3.05) is 44.1 Å². The lowest BCUT2D eigenvalue weighted by Gasteiger charge is -2.38. The number of methoxy groups -OCH3 is 1. The number of fused-ring (bicyclic) bond motifs is 1. The number of aryl methyl sites for hydroxylation is 1. The first-order chi connectivity index (χ1) is 14.5. The van der Waals surface area contributed by atoms with Crippen molar-refractivity contribution in [2.24, 2.45) is 0 Å². The summed E-state index contributed by atoms with van der Waals surface area (Å²) in [6.45, 7) is 1.13. The summed E-state index contributed by atoms with van der Waals surface area (Å²) in [6, 6.07) is 4.15. The summed E-state index contributed by atoms with van der Waals surface area (Å²) < 4.78 is 24.7. The maximum Gasteiger partial charge on any atom is 0.227 e. The Hall–Kier alpha value is -2.61. The van der Waals surface area contributed by atoms with Crippen molar-refractivity contribution in [2.45, 2.75) is 44.3 Å². The molecule has 1 saturated heterocycles. The van der Waals surface area contributed by atoms with Gasteiger partial charge in [0, 0.05) is 45.2 Å². The highest BCUT2D eigenvalue weighted by atomic mass is 19.1. The first-order valence-electron chi connectivity index (χ1n) is 10.5. The molecule has 30 heavy (non-hydrogen) atoms. The number of rotatable bonds is 5. The van der Waals surface area contributed by atoms with Gasteiger partial charge in [0.1, 0.15) is 23.8 Å². The number of benzene rings is 1. The van der Waals surface area contributed by atoms with Crippen molar-refractivity contribution in [1.29, 1.82) is 0 Å². The maximum atomic E-state index is 13.4. The summed E-state index contributed by atoms with van der Waals surface area (Å²) in [5.74, 6) is 2.01. The number of hydrogen-bond donors (Lipinski definition) is 1. The molecule has 7 nitrogen and oxygen atoms in total. The normalized spacial score (nSPS) is 21.2. The zero-order valence-electron chi connectivity index (χ0n) is 17.8. The van der Waals surface area contributed by atoms with E-state index in [4.69, 9.17) is 19.4 Å². The second-order valence-electron chi connectivity index (χ2n) is 8.13. The molecule has 1 aliphatic heterocycles. The van der Waals surface area contributed by atoms with Gasteiger partial charge in [-0.2, -0.15) is 4.98 Å².